The summed E-state index contributed by atoms with van der Waals surface area (Å²) in [4.78, 5) is 45.2. The number of aliphatic hydroxyl groups is 1. The van der Waals surface area contributed by atoms with Gasteiger partial charge in [-0.1, -0.05) is 17.4 Å². The van der Waals surface area contributed by atoms with Gasteiger partial charge in [0.05, 0.1) is 37.6 Å². The van der Waals surface area contributed by atoms with E-state index in [1.165, 1.54) is 25.3 Å². The Hall–Kier alpha value is -4.38. The number of aryl methyl sites for hydroxylation is 2. The Kier molecular flexibility index (Phi) is 7.91. The van der Waals surface area contributed by atoms with Gasteiger partial charge in [-0.25, -0.2) is 9.78 Å². The number of carbonyl (C=O) groups is 3. The molecule has 1 saturated heterocycles. The van der Waals surface area contributed by atoms with E-state index in [1.807, 2.05) is 0 Å². The Morgan fingerprint density at radius 1 is 1.08 bits per heavy atom. The number of anilines is 1. The van der Waals surface area contributed by atoms with Crippen molar-refractivity contribution in [2.75, 3.05) is 25.2 Å². The van der Waals surface area contributed by atoms with Gasteiger partial charge in [-0.2, -0.15) is 0 Å². The number of carbonyl (C=O) groups excluding carboxylic acids is 3. The molecule has 2 N–H and O–H groups in total. The second kappa shape index (κ2) is 11.2. The summed E-state index contributed by atoms with van der Waals surface area (Å²) in [5.74, 6) is -2.24. The number of aromatic nitrogens is 1. The highest BCUT2D eigenvalue weighted by molar-refractivity contribution is 7.17. The summed E-state index contributed by atoms with van der Waals surface area (Å²) in [6.45, 7) is 7.23. The van der Waals surface area contributed by atoms with Crippen molar-refractivity contribution in [1.29, 1.82) is 0 Å². The lowest BCUT2D eigenvalue weighted by Gasteiger charge is -2.23. The van der Waals surface area contributed by atoms with E-state index in [9.17, 15) is 24.6 Å². The molecule has 39 heavy (non-hydrogen) atoms. The first-order valence-electron chi connectivity index (χ1n) is 12.2. The van der Waals surface area contributed by atoms with E-state index < -0.39 is 29.5 Å². The van der Waals surface area contributed by atoms with E-state index in [-0.39, 0.29) is 40.3 Å². The summed E-state index contributed by atoms with van der Waals surface area (Å²) >= 11 is 0.909. The van der Waals surface area contributed by atoms with Gasteiger partial charge in [0.1, 0.15) is 16.4 Å². The number of rotatable bonds is 8. The fourth-order valence-corrected chi connectivity index (χ4v) is 5.36. The molecule has 11 heteroatoms. The Balaban J connectivity index is 1.95. The summed E-state index contributed by atoms with van der Waals surface area (Å²) in [7, 11) is 1.52. The molecule has 1 amide bonds. The molecule has 0 unspecified atom stereocenters. The van der Waals surface area contributed by atoms with E-state index in [1.54, 1.807) is 45.9 Å². The van der Waals surface area contributed by atoms with Crippen LogP contribution in [0.15, 0.2) is 42.0 Å². The first-order chi connectivity index (χ1) is 18.6. The minimum Gasteiger partial charge on any atom is -0.507 e. The van der Waals surface area contributed by atoms with Crippen LogP contribution in [0.2, 0.25) is 0 Å². The second-order valence-corrected chi connectivity index (χ2v) is 9.62. The number of esters is 1. The predicted octanol–water partition coefficient (Wildman–Crippen LogP) is 4.68. The van der Waals surface area contributed by atoms with Crippen LogP contribution in [0.5, 0.6) is 17.2 Å². The van der Waals surface area contributed by atoms with Crippen LogP contribution < -0.4 is 14.4 Å². The molecule has 1 aliphatic rings. The number of ketones is 1. The summed E-state index contributed by atoms with van der Waals surface area (Å²) in [6, 6.07) is 8.16. The Morgan fingerprint density at radius 2 is 1.82 bits per heavy atom. The average molecular weight is 553 g/mol. The molecule has 204 valence electrons. The number of phenols is 1. The van der Waals surface area contributed by atoms with Crippen LogP contribution in [0, 0.1) is 13.8 Å². The minimum atomic E-state index is -1.13. The number of ether oxygens (including phenoxy) is 3. The third-order valence-electron chi connectivity index (χ3n) is 6.16. The zero-order valence-corrected chi connectivity index (χ0v) is 22.9. The molecular weight excluding hydrogens is 524 g/mol. The number of amides is 1. The van der Waals surface area contributed by atoms with Crippen molar-refractivity contribution in [2.45, 2.75) is 33.7 Å². The molecule has 1 aromatic heterocycles. The zero-order valence-electron chi connectivity index (χ0n) is 22.1. The Morgan fingerprint density at radius 3 is 2.46 bits per heavy atom. The van der Waals surface area contributed by atoms with Gasteiger partial charge in [0.25, 0.3) is 5.78 Å². The number of methoxy groups -OCH3 is 1. The molecule has 4 rings (SSSR count). The highest BCUT2D eigenvalue weighted by atomic mass is 32.1. The van der Waals surface area contributed by atoms with Crippen molar-refractivity contribution in [3.8, 4) is 17.2 Å². The molecule has 0 spiro atoms. The molecule has 0 bridgehead atoms. The molecule has 0 radical (unpaired) electrons. The number of thiazole rings is 1. The maximum atomic E-state index is 13.5. The molecule has 1 aliphatic heterocycles. The molecule has 3 aromatic rings. The number of hydrogen-bond acceptors (Lipinski definition) is 10. The van der Waals surface area contributed by atoms with Gasteiger partial charge >= 0.3 is 11.9 Å². The monoisotopic (exact) mass is 552 g/mol. The van der Waals surface area contributed by atoms with Crippen LogP contribution in [-0.2, 0) is 14.3 Å². The predicted molar refractivity (Wildman–Crippen MR) is 145 cm³/mol. The number of benzene rings is 2. The standard InChI is InChI=1S/C28H28N2O8S/c1-6-37-20-13-16(8-10-18(20)31)22-21(23(32)17-9-11-19(36-5)14(3)12-17)24(33)26(34)30(22)28-29-15(4)25(39-28)27(35)38-7-2/h8-13,22,31-32H,6-7H2,1-5H3/b23-21+/t22-/m0/s1. The topological polar surface area (TPSA) is 135 Å². The largest absolute Gasteiger partial charge is 0.507 e. The number of hydrogen-bond donors (Lipinski definition) is 2. The number of Topliss-reactive ketones (excluding diaryl/α,β-unsaturated/α-hetero) is 1. The molecule has 2 aromatic carbocycles. The third kappa shape index (κ3) is 5.05. The summed E-state index contributed by atoms with van der Waals surface area (Å²) in [5, 5.41) is 21.8. The van der Waals surface area contributed by atoms with Crippen molar-refractivity contribution >= 4 is 39.9 Å². The van der Waals surface area contributed by atoms with Crippen LogP contribution >= 0.6 is 11.3 Å². The SMILES string of the molecule is CCOC(=O)c1sc(N2C(=O)C(=O)/C(=C(/O)c3ccc(OC)c(C)c3)[C@@H]2c2ccc(O)c(OCC)c2)nc1C. The zero-order chi connectivity index (χ0) is 28.4. The molecule has 0 aliphatic carbocycles. The van der Waals surface area contributed by atoms with Gasteiger partial charge in [-0.3, -0.25) is 14.5 Å². The lowest BCUT2D eigenvalue weighted by molar-refractivity contribution is -0.132. The second-order valence-electron chi connectivity index (χ2n) is 8.65. The molecule has 2 heterocycles. The normalized spacial score (nSPS) is 16.4. The maximum absolute atomic E-state index is 13.5. The lowest BCUT2D eigenvalue weighted by Crippen LogP contribution is -2.29. The number of nitrogens with zero attached hydrogens (tertiary/aromatic N) is 2. The van der Waals surface area contributed by atoms with Crippen molar-refractivity contribution in [3.05, 3.63) is 69.2 Å². The van der Waals surface area contributed by atoms with E-state index in [4.69, 9.17) is 14.2 Å². The average Bonchev–Trinajstić information content (AvgIpc) is 3.41. The summed E-state index contributed by atoms with van der Waals surface area (Å²) in [6.07, 6.45) is 0. The van der Waals surface area contributed by atoms with Crippen LogP contribution in [0.25, 0.3) is 5.76 Å². The fraction of sp³-hybridized carbons (Fsp3) is 0.286. The van der Waals surface area contributed by atoms with E-state index in [2.05, 4.69) is 4.98 Å². The van der Waals surface area contributed by atoms with Crippen LogP contribution in [0.3, 0.4) is 0 Å². The van der Waals surface area contributed by atoms with Crippen molar-refractivity contribution in [2.24, 2.45) is 0 Å². The van der Waals surface area contributed by atoms with Gasteiger partial charge in [0, 0.05) is 5.56 Å². The van der Waals surface area contributed by atoms with Gasteiger partial charge in [0.2, 0.25) is 0 Å². The van der Waals surface area contributed by atoms with Crippen LogP contribution in [0.1, 0.15) is 51.9 Å². The van der Waals surface area contributed by atoms with E-state index in [0.29, 0.717) is 28.1 Å². The smallest absolute Gasteiger partial charge is 0.350 e. The first-order valence-corrected chi connectivity index (χ1v) is 13.0. The Bertz CT molecular complexity index is 1490. The highest BCUT2D eigenvalue weighted by Crippen LogP contribution is 2.45. The highest BCUT2D eigenvalue weighted by Gasteiger charge is 2.48. The van der Waals surface area contributed by atoms with Crippen molar-refractivity contribution in [1.82, 2.24) is 4.98 Å². The number of aromatic hydroxyl groups is 1. The first kappa shape index (κ1) is 27.6. The Labute approximate surface area is 229 Å². The molecule has 1 fully saturated rings. The third-order valence-corrected chi connectivity index (χ3v) is 7.30. The lowest BCUT2D eigenvalue weighted by atomic mass is 9.94. The number of phenolic OH excluding ortho intramolecular Hbond substituents is 1. The molecule has 10 nitrogen and oxygen atoms in total. The quantitative estimate of drug-likeness (QED) is 0.177. The molecule has 1 atom stereocenters. The number of aliphatic hydroxyl groups excluding tert-OH is 1. The molecule has 0 saturated carbocycles. The van der Waals surface area contributed by atoms with Gasteiger partial charge in [-0.05, 0) is 69.2 Å². The van der Waals surface area contributed by atoms with E-state index in [0.717, 1.165) is 16.2 Å². The summed E-state index contributed by atoms with van der Waals surface area (Å²) < 4.78 is 15.9. The van der Waals surface area contributed by atoms with Crippen LogP contribution in [-0.4, -0.2) is 53.2 Å². The summed E-state index contributed by atoms with van der Waals surface area (Å²) in [5.41, 5.74) is 1.56. The fourth-order valence-electron chi connectivity index (χ4n) is 4.37. The van der Waals surface area contributed by atoms with Crippen LogP contribution in [0.4, 0.5) is 5.13 Å². The maximum Gasteiger partial charge on any atom is 0.350 e. The molecular formula is C28H28N2O8S. The van der Waals surface area contributed by atoms with Gasteiger partial charge in [0.15, 0.2) is 16.6 Å². The van der Waals surface area contributed by atoms with Gasteiger partial charge < -0.3 is 24.4 Å². The van der Waals surface area contributed by atoms with Gasteiger partial charge in [-0.15, -0.1) is 0 Å². The van der Waals surface area contributed by atoms with Crippen molar-refractivity contribution in [3.63, 3.8) is 0 Å². The minimum absolute atomic E-state index is 0.0821. The van der Waals surface area contributed by atoms with E-state index >= 15 is 0 Å². The van der Waals surface area contributed by atoms with Crippen molar-refractivity contribution < 1.29 is 38.8 Å².